The maximum atomic E-state index is 15.0. The molecule has 0 aliphatic carbocycles. The molecule has 4 rings (SSSR count). The number of nitrogens with zero attached hydrogens (tertiary/aromatic N) is 3. The Morgan fingerprint density at radius 3 is 2.53 bits per heavy atom. The number of aromatic hydroxyl groups is 1. The number of hydrogen-bond donors (Lipinski definition) is 2. The minimum absolute atomic E-state index is 0.109. The van der Waals surface area contributed by atoms with E-state index in [1.807, 2.05) is 6.92 Å². The smallest absolute Gasteiger partial charge is 0.433 e. The van der Waals surface area contributed by atoms with Crippen molar-refractivity contribution in [3.05, 3.63) is 70.7 Å². The zero-order valence-corrected chi connectivity index (χ0v) is 18.0. The third kappa shape index (κ3) is 4.13. The number of nitrogens with one attached hydrogen (secondary N) is 1. The van der Waals surface area contributed by atoms with Crippen molar-refractivity contribution in [1.29, 1.82) is 0 Å². The molecule has 3 aromatic rings. The highest BCUT2D eigenvalue weighted by atomic mass is 19.4. The topological polar surface area (TPSA) is 78.3 Å². The maximum absolute atomic E-state index is 15.0. The largest absolute Gasteiger partial charge is 0.506 e. The van der Waals surface area contributed by atoms with E-state index in [1.165, 1.54) is 6.20 Å². The fraction of sp³-hybridized carbons (Fsp3) is 0.261. The van der Waals surface area contributed by atoms with Gasteiger partial charge in [0.25, 0.3) is 5.91 Å². The van der Waals surface area contributed by atoms with Crippen LogP contribution >= 0.6 is 0 Å². The molecule has 34 heavy (non-hydrogen) atoms. The molecule has 0 saturated carbocycles. The second kappa shape index (κ2) is 8.54. The van der Waals surface area contributed by atoms with E-state index in [1.54, 1.807) is 17.9 Å². The maximum Gasteiger partial charge on any atom is 0.433 e. The van der Waals surface area contributed by atoms with Gasteiger partial charge >= 0.3 is 6.18 Å². The second-order valence-electron chi connectivity index (χ2n) is 7.81. The molecule has 1 aromatic carbocycles. The van der Waals surface area contributed by atoms with Gasteiger partial charge in [-0.3, -0.25) is 4.79 Å². The van der Waals surface area contributed by atoms with Crippen molar-refractivity contribution in [3.63, 3.8) is 0 Å². The van der Waals surface area contributed by atoms with Gasteiger partial charge in [0, 0.05) is 40.6 Å². The number of aromatic nitrogens is 2. The first-order valence-electron chi connectivity index (χ1n) is 10.3. The summed E-state index contributed by atoms with van der Waals surface area (Å²) < 4.78 is 68.9. The molecule has 1 aliphatic rings. The molecule has 6 nitrogen and oxygen atoms in total. The van der Waals surface area contributed by atoms with Crippen LogP contribution < -0.4 is 5.32 Å². The first kappa shape index (κ1) is 23.4. The number of fused-ring (bicyclic) bond motifs is 1. The average Bonchev–Trinajstić information content (AvgIpc) is 3.11. The molecule has 0 bridgehead atoms. The minimum atomic E-state index is -4.83. The highest BCUT2D eigenvalue weighted by Crippen LogP contribution is 2.38. The van der Waals surface area contributed by atoms with Gasteiger partial charge in [-0.25, -0.2) is 18.7 Å². The van der Waals surface area contributed by atoms with Crippen LogP contribution in [0, 0.1) is 11.6 Å². The van der Waals surface area contributed by atoms with E-state index < -0.39 is 46.4 Å². The summed E-state index contributed by atoms with van der Waals surface area (Å²) >= 11 is 0. The standard InChI is InChI=1S/C23H19F5N4O2/c1-3-32-10-16-12(22(32)34)4-5-29-21(16)31-11(2)13-6-18(25)14(7-17(13)24)15-8-20(23(26,27)28)30-9-19(15)33/h4-9,11,33H,3,10H2,1-2H3,(H,29,31). The van der Waals surface area contributed by atoms with Crippen LogP contribution in [0.2, 0.25) is 0 Å². The van der Waals surface area contributed by atoms with E-state index in [0.29, 0.717) is 42.3 Å². The predicted molar refractivity (Wildman–Crippen MR) is 113 cm³/mol. The van der Waals surface area contributed by atoms with Crippen LogP contribution in [-0.4, -0.2) is 32.4 Å². The summed E-state index contributed by atoms with van der Waals surface area (Å²) in [5, 5.41) is 12.9. The van der Waals surface area contributed by atoms with Crippen LogP contribution in [-0.2, 0) is 12.7 Å². The van der Waals surface area contributed by atoms with Crippen LogP contribution in [0.15, 0.2) is 36.7 Å². The van der Waals surface area contributed by atoms with E-state index in [4.69, 9.17) is 0 Å². The Morgan fingerprint density at radius 2 is 1.85 bits per heavy atom. The Hall–Kier alpha value is -3.76. The Balaban J connectivity index is 1.67. The van der Waals surface area contributed by atoms with Gasteiger partial charge in [-0.1, -0.05) is 0 Å². The number of benzene rings is 1. The molecule has 0 spiro atoms. The minimum Gasteiger partial charge on any atom is -0.506 e. The molecule has 2 aromatic heterocycles. The molecule has 2 N–H and O–H groups in total. The van der Waals surface area contributed by atoms with Gasteiger partial charge in [-0.05, 0) is 38.1 Å². The molecule has 1 unspecified atom stereocenters. The number of rotatable bonds is 5. The lowest BCUT2D eigenvalue weighted by Gasteiger charge is -2.19. The van der Waals surface area contributed by atoms with Crippen molar-refractivity contribution in [3.8, 4) is 16.9 Å². The summed E-state index contributed by atoms with van der Waals surface area (Å²) in [7, 11) is 0. The summed E-state index contributed by atoms with van der Waals surface area (Å²) in [5.74, 6) is -2.45. The molecular formula is C23H19F5N4O2. The number of halogens is 5. The molecule has 0 radical (unpaired) electrons. The van der Waals surface area contributed by atoms with Gasteiger partial charge in [0.2, 0.25) is 0 Å². The zero-order chi connectivity index (χ0) is 24.8. The molecule has 178 valence electrons. The van der Waals surface area contributed by atoms with Crippen molar-refractivity contribution in [2.24, 2.45) is 0 Å². The number of carbonyl (C=O) groups excluding carboxylic acids is 1. The molecule has 11 heteroatoms. The summed E-state index contributed by atoms with van der Waals surface area (Å²) in [6.07, 6.45) is -2.85. The van der Waals surface area contributed by atoms with E-state index >= 15 is 0 Å². The third-order valence-electron chi connectivity index (χ3n) is 5.67. The SMILES string of the molecule is CCN1Cc2c(ccnc2NC(C)c2cc(F)c(-c3cc(C(F)(F)F)ncc3O)cc2F)C1=O. The van der Waals surface area contributed by atoms with Crippen molar-refractivity contribution in [2.45, 2.75) is 32.6 Å². The lowest BCUT2D eigenvalue weighted by atomic mass is 9.99. The monoisotopic (exact) mass is 478 g/mol. The number of amides is 1. The lowest BCUT2D eigenvalue weighted by molar-refractivity contribution is -0.141. The van der Waals surface area contributed by atoms with Crippen molar-refractivity contribution in [2.75, 3.05) is 11.9 Å². The summed E-state index contributed by atoms with van der Waals surface area (Å²) in [6, 6.07) is 2.83. The molecule has 1 amide bonds. The summed E-state index contributed by atoms with van der Waals surface area (Å²) in [6.45, 7) is 4.22. The summed E-state index contributed by atoms with van der Waals surface area (Å²) in [4.78, 5) is 21.3. The van der Waals surface area contributed by atoms with Crippen LogP contribution in [0.5, 0.6) is 5.75 Å². The quantitative estimate of drug-likeness (QED) is 0.487. The Labute approximate surface area is 191 Å². The number of anilines is 1. The first-order valence-corrected chi connectivity index (χ1v) is 10.3. The Bertz CT molecular complexity index is 1280. The van der Waals surface area contributed by atoms with Gasteiger partial charge in [0.15, 0.2) is 0 Å². The zero-order valence-electron chi connectivity index (χ0n) is 18.0. The molecule has 0 fully saturated rings. The molecular weight excluding hydrogens is 459 g/mol. The van der Waals surface area contributed by atoms with Crippen molar-refractivity contribution >= 4 is 11.7 Å². The van der Waals surface area contributed by atoms with E-state index in [0.717, 1.165) is 12.1 Å². The van der Waals surface area contributed by atoms with Gasteiger partial charge in [0.05, 0.1) is 18.8 Å². The second-order valence-corrected chi connectivity index (χ2v) is 7.81. The fourth-order valence-corrected chi connectivity index (χ4v) is 3.87. The normalized spacial score (nSPS) is 14.3. The molecule has 1 aliphatic heterocycles. The highest BCUT2D eigenvalue weighted by molar-refractivity contribution is 5.99. The van der Waals surface area contributed by atoms with Crippen molar-refractivity contribution in [1.82, 2.24) is 14.9 Å². The van der Waals surface area contributed by atoms with Crippen LogP contribution in [0.3, 0.4) is 0 Å². The summed E-state index contributed by atoms with van der Waals surface area (Å²) in [5.41, 5.74) is -1.42. The van der Waals surface area contributed by atoms with Crippen LogP contribution in [0.1, 0.15) is 47.1 Å². The first-order chi connectivity index (χ1) is 16.0. The van der Waals surface area contributed by atoms with E-state index in [-0.39, 0.29) is 11.5 Å². The average molecular weight is 478 g/mol. The highest BCUT2D eigenvalue weighted by Gasteiger charge is 2.34. The van der Waals surface area contributed by atoms with Crippen molar-refractivity contribution < 1.29 is 31.9 Å². The van der Waals surface area contributed by atoms with E-state index in [9.17, 15) is 31.9 Å². The van der Waals surface area contributed by atoms with Gasteiger partial charge in [-0.15, -0.1) is 0 Å². The molecule has 0 saturated heterocycles. The van der Waals surface area contributed by atoms with E-state index in [2.05, 4.69) is 15.3 Å². The lowest BCUT2D eigenvalue weighted by Crippen LogP contribution is -2.22. The third-order valence-corrected chi connectivity index (χ3v) is 5.67. The number of hydrogen-bond acceptors (Lipinski definition) is 5. The fourth-order valence-electron chi connectivity index (χ4n) is 3.87. The van der Waals surface area contributed by atoms with Gasteiger partial charge < -0.3 is 15.3 Å². The molecule has 1 atom stereocenters. The van der Waals surface area contributed by atoms with Gasteiger partial charge in [0.1, 0.15) is 28.9 Å². The molecule has 3 heterocycles. The Kier molecular flexibility index (Phi) is 5.88. The van der Waals surface area contributed by atoms with Crippen LogP contribution in [0.25, 0.3) is 11.1 Å². The predicted octanol–water partition coefficient (Wildman–Crippen LogP) is 5.30. The van der Waals surface area contributed by atoms with Gasteiger partial charge in [-0.2, -0.15) is 13.2 Å². The number of alkyl halides is 3. The Morgan fingerprint density at radius 1 is 1.12 bits per heavy atom. The number of pyridine rings is 2. The van der Waals surface area contributed by atoms with Crippen LogP contribution in [0.4, 0.5) is 27.8 Å². The number of carbonyl (C=O) groups is 1.